The van der Waals surface area contributed by atoms with Crippen molar-refractivity contribution in [2.45, 2.75) is 45.8 Å². The first kappa shape index (κ1) is 14.5. The van der Waals surface area contributed by atoms with Gasteiger partial charge in [0.15, 0.2) is 0 Å². The number of hydrogen-bond donors (Lipinski definition) is 1. The maximum atomic E-state index is 11.8. The molecule has 0 saturated carbocycles. The average molecular weight is 259 g/mol. The van der Waals surface area contributed by atoms with Gasteiger partial charge in [0.05, 0.1) is 11.7 Å². The summed E-state index contributed by atoms with van der Waals surface area (Å²) in [5.74, 6) is 0.664. The van der Waals surface area contributed by atoms with E-state index in [1.807, 2.05) is 27.7 Å². The standard InChI is InChI=1S/C12H21NO3S/c1-8-7-9(11(15)16-12(2,3)4)13-10(8)17-6-5-14/h8-9,14H,5-7H2,1-4H3. The Morgan fingerprint density at radius 3 is 2.76 bits per heavy atom. The summed E-state index contributed by atoms with van der Waals surface area (Å²) in [5.41, 5.74) is -0.461. The molecule has 0 aromatic carbocycles. The normalized spacial score (nSPS) is 24.6. The van der Waals surface area contributed by atoms with Crippen molar-refractivity contribution in [1.82, 2.24) is 0 Å². The second-order valence-corrected chi connectivity index (χ2v) is 6.34. The fraction of sp³-hybridized carbons (Fsp3) is 0.833. The van der Waals surface area contributed by atoms with Crippen molar-refractivity contribution in [3.8, 4) is 0 Å². The van der Waals surface area contributed by atoms with E-state index >= 15 is 0 Å². The lowest BCUT2D eigenvalue weighted by Crippen LogP contribution is -2.30. The first-order valence-corrected chi connectivity index (χ1v) is 6.86. The Balaban J connectivity index is 2.57. The second kappa shape index (κ2) is 5.87. The zero-order chi connectivity index (χ0) is 13.1. The van der Waals surface area contributed by atoms with Crippen LogP contribution in [0.25, 0.3) is 0 Å². The molecule has 0 fully saturated rings. The maximum Gasteiger partial charge on any atom is 0.331 e. The van der Waals surface area contributed by atoms with Gasteiger partial charge in [-0.3, -0.25) is 4.99 Å². The molecule has 0 aromatic heterocycles. The van der Waals surface area contributed by atoms with Crippen LogP contribution in [0.2, 0.25) is 0 Å². The molecular weight excluding hydrogens is 238 g/mol. The summed E-state index contributed by atoms with van der Waals surface area (Å²) >= 11 is 1.52. The van der Waals surface area contributed by atoms with E-state index < -0.39 is 5.60 Å². The summed E-state index contributed by atoms with van der Waals surface area (Å²) < 4.78 is 5.32. The molecule has 5 heteroatoms. The Bertz CT molecular complexity index is 309. The lowest BCUT2D eigenvalue weighted by Gasteiger charge is -2.21. The van der Waals surface area contributed by atoms with Crippen molar-refractivity contribution in [1.29, 1.82) is 0 Å². The molecule has 1 aliphatic rings. The molecule has 1 N–H and O–H groups in total. The number of thioether (sulfide) groups is 1. The highest BCUT2D eigenvalue weighted by atomic mass is 32.2. The minimum Gasteiger partial charge on any atom is -0.458 e. The van der Waals surface area contributed by atoms with Crippen LogP contribution in [0.1, 0.15) is 34.1 Å². The van der Waals surface area contributed by atoms with Crippen LogP contribution in [-0.4, -0.2) is 40.1 Å². The van der Waals surface area contributed by atoms with Crippen LogP contribution < -0.4 is 0 Å². The van der Waals surface area contributed by atoms with Gasteiger partial charge in [0, 0.05) is 11.7 Å². The van der Waals surface area contributed by atoms with Gasteiger partial charge in [-0.05, 0) is 27.2 Å². The van der Waals surface area contributed by atoms with Crippen molar-refractivity contribution in [2.75, 3.05) is 12.4 Å². The third-order valence-corrected chi connectivity index (χ3v) is 3.49. The first-order chi connectivity index (χ1) is 7.83. The van der Waals surface area contributed by atoms with Crippen LogP contribution in [0.4, 0.5) is 0 Å². The number of carbonyl (C=O) groups is 1. The minimum absolute atomic E-state index is 0.132. The number of aliphatic hydroxyl groups is 1. The predicted octanol–water partition coefficient (Wildman–Crippen LogP) is 1.86. The fourth-order valence-corrected chi connectivity index (χ4v) is 2.50. The molecule has 17 heavy (non-hydrogen) atoms. The number of hydrogen-bond acceptors (Lipinski definition) is 5. The molecule has 0 aliphatic carbocycles. The summed E-state index contributed by atoms with van der Waals surface area (Å²) in [7, 11) is 0. The summed E-state index contributed by atoms with van der Waals surface area (Å²) in [6.07, 6.45) is 0.711. The Morgan fingerprint density at radius 1 is 1.59 bits per heavy atom. The molecule has 0 radical (unpaired) electrons. The highest BCUT2D eigenvalue weighted by Gasteiger charge is 2.32. The van der Waals surface area contributed by atoms with E-state index in [4.69, 9.17) is 9.84 Å². The molecule has 0 aromatic rings. The number of carbonyl (C=O) groups excluding carboxylic acids is 1. The van der Waals surface area contributed by atoms with Gasteiger partial charge in [0.2, 0.25) is 0 Å². The molecular formula is C12H21NO3S. The van der Waals surface area contributed by atoms with Gasteiger partial charge >= 0.3 is 5.97 Å². The van der Waals surface area contributed by atoms with Crippen molar-refractivity contribution >= 4 is 22.8 Å². The SMILES string of the molecule is CC1CC(C(=O)OC(C)(C)C)N=C1SCCO. The van der Waals surface area contributed by atoms with Gasteiger partial charge in [-0.1, -0.05) is 6.92 Å². The van der Waals surface area contributed by atoms with Crippen molar-refractivity contribution in [3.63, 3.8) is 0 Å². The van der Waals surface area contributed by atoms with E-state index in [0.717, 1.165) is 5.04 Å². The van der Waals surface area contributed by atoms with E-state index in [-0.39, 0.29) is 24.5 Å². The van der Waals surface area contributed by atoms with E-state index in [9.17, 15) is 4.79 Å². The van der Waals surface area contributed by atoms with Crippen molar-refractivity contribution in [2.24, 2.45) is 10.9 Å². The minimum atomic E-state index is -0.461. The quantitative estimate of drug-likeness (QED) is 0.786. The number of nitrogens with zero attached hydrogens (tertiary/aromatic N) is 1. The molecule has 98 valence electrons. The largest absolute Gasteiger partial charge is 0.458 e. The predicted molar refractivity (Wildman–Crippen MR) is 70.4 cm³/mol. The molecule has 2 unspecified atom stereocenters. The average Bonchev–Trinajstić information content (AvgIpc) is 2.54. The van der Waals surface area contributed by atoms with Crippen LogP contribution >= 0.6 is 11.8 Å². The van der Waals surface area contributed by atoms with E-state index in [0.29, 0.717) is 12.2 Å². The Morgan fingerprint density at radius 2 is 2.24 bits per heavy atom. The van der Waals surface area contributed by atoms with Gasteiger partial charge in [-0.2, -0.15) is 0 Å². The number of ether oxygens (including phenoxy) is 1. The summed E-state index contributed by atoms with van der Waals surface area (Å²) in [5, 5.41) is 9.73. The summed E-state index contributed by atoms with van der Waals surface area (Å²) in [6, 6.07) is -0.370. The first-order valence-electron chi connectivity index (χ1n) is 5.87. The van der Waals surface area contributed by atoms with Gasteiger partial charge in [-0.25, -0.2) is 4.79 Å². The van der Waals surface area contributed by atoms with Gasteiger partial charge < -0.3 is 9.84 Å². The van der Waals surface area contributed by atoms with Gasteiger partial charge in [0.25, 0.3) is 0 Å². The summed E-state index contributed by atoms with van der Waals surface area (Å²) in [4.78, 5) is 16.2. The molecule has 0 spiro atoms. The van der Waals surface area contributed by atoms with Crippen LogP contribution in [0.3, 0.4) is 0 Å². The van der Waals surface area contributed by atoms with Gasteiger partial charge in [0.1, 0.15) is 11.6 Å². The number of aliphatic hydroxyl groups excluding tert-OH is 1. The molecule has 4 nitrogen and oxygen atoms in total. The molecule has 0 saturated heterocycles. The zero-order valence-electron chi connectivity index (χ0n) is 10.9. The third-order valence-electron chi connectivity index (χ3n) is 2.30. The maximum absolute atomic E-state index is 11.8. The number of esters is 1. The van der Waals surface area contributed by atoms with E-state index in [2.05, 4.69) is 4.99 Å². The van der Waals surface area contributed by atoms with E-state index in [1.165, 1.54) is 11.8 Å². The van der Waals surface area contributed by atoms with Crippen molar-refractivity contribution < 1.29 is 14.6 Å². The highest BCUT2D eigenvalue weighted by Crippen LogP contribution is 2.28. The molecule has 1 rings (SSSR count). The topological polar surface area (TPSA) is 58.9 Å². The Labute approximate surface area is 107 Å². The lowest BCUT2D eigenvalue weighted by atomic mass is 10.1. The number of rotatable bonds is 3. The van der Waals surface area contributed by atoms with Crippen LogP contribution in [0.5, 0.6) is 0 Å². The summed E-state index contributed by atoms with van der Waals surface area (Å²) in [6.45, 7) is 7.75. The monoisotopic (exact) mass is 259 g/mol. The molecule has 0 amide bonds. The molecule has 0 bridgehead atoms. The second-order valence-electron chi connectivity index (χ2n) is 5.23. The fourth-order valence-electron chi connectivity index (χ4n) is 1.62. The smallest absolute Gasteiger partial charge is 0.331 e. The Hall–Kier alpha value is -0.550. The molecule has 1 heterocycles. The molecule has 1 aliphatic heterocycles. The van der Waals surface area contributed by atoms with Crippen molar-refractivity contribution in [3.05, 3.63) is 0 Å². The zero-order valence-corrected chi connectivity index (χ0v) is 11.7. The van der Waals surface area contributed by atoms with E-state index in [1.54, 1.807) is 0 Å². The highest BCUT2D eigenvalue weighted by molar-refractivity contribution is 8.14. The number of aliphatic imine (C=N–C) groups is 1. The Kier molecular flexibility index (Phi) is 5.01. The van der Waals surface area contributed by atoms with Crippen LogP contribution in [-0.2, 0) is 9.53 Å². The van der Waals surface area contributed by atoms with Crippen LogP contribution in [0, 0.1) is 5.92 Å². The van der Waals surface area contributed by atoms with Gasteiger partial charge in [-0.15, -0.1) is 11.8 Å². The molecule has 2 atom stereocenters. The third kappa shape index (κ3) is 4.68. The lowest BCUT2D eigenvalue weighted by molar-refractivity contribution is -0.156. The van der Waals surface area contributed by atoms with Crippen LogP contribution in [0.15, 0.2) is 4.99 Å².